The maximum absolute atomic E-state index is 11.6. The SMILES string of the molecule is Cc1cn(-c2ccc(Cl)cc2Br)nc(C(=O)O)c1=O. The van der Waals surface area contributed by atoms with E-state index in [0.717, 1.165) is 0 Å². The van der Waals surface area contributed by atoms with Crippen molar-refractivity contribution in [2.45, 2.75) is 6.92 Å². The van der Waals surface area contributed by atoms with Crippen LogP contribution in [0, 0.1) is 6.92 Å². The first-order valence-corrected chi connectivity index (χ1v) is 6.36. The number of halogens is 2. The van der Waals surface area contributed by atoms with E-state index < -0.39 is 17.1 Å². The molecule has 7 heteroatoms. The number of aryl methyl sites for hydroxylation is 1. The lowest BCUT2D eigenvalue weighted by molar-refractivity contribution is 0.0686. The highest BCUT2D eigenvalue weighted by Crippen LogP contribution is 2.24. The molecule has 1 aromatic carbocycles. The molecule has 1 heterocycles. The molecule has 2 aromatic rings. The Bertz CT molecular complexity index is 727. The fourth-order valence-corrected chi connectivity index (χ4v) is 2.41. The standard InChI is InChI=1S/C12H8BrClN2O3/c1-6-5-16(15-10(11(6)17)12(18)19)9-3-2-7(14)4-8(9)13/h2-5H,1H3,(H,18,19). The molecule has 0 aliphatic heterocycles. The molecule has 0 aliphatic rings. The Labute approximate surface area is 121 Å². The number of carbonyl (C=O) groups is 1. The summed E-state index contributed by atoms with van der Waals surface area (Å²) in [6.45, 7) is 1.54. The van der Waals surface area contributed by atoms with Gasteiger partial charge in [-0.3, -0.25) is 4.79 Å². The molecule has 0 saturated heterocycles. The van der Waals surface area contributed by atoms with Gasteiger partial charge in [-0.25, -0.2) is 9.48 Å². The van der Waals surface area contributed by atoms with Gasteiger partial charge in [0.25, 0.3) is 0 Å². The van der Waals surface area contributed by atoms with Crippen LogP contribution in [0.4, 0.5) is 0 Å². The van der Waals surface area contributed by atoms with Crippen molar-refractivity contribution in [3.8, 4) is 5.69 Å². The Kier molecular flexibility index (Phi) is 3.73. The summed E-state index contributed by atoms with van der Waals surface area (Å²) in [4.78, 5) is 22.6. The number of hydrogen-bond acceptors (Lipinski definition) is 3. The van der Waals surface area contributed by atoms with Gasteiger partial charge in [0.1, 0.15) is 0 Å². The number of benzene rings is 1. The molecule has 0 amide bonds. The van der Waals surface area contributed by atoms with Crippen molar-refractivity contribution < 1.29 is 9.90 Å². The molecular weight excluding hydrogens is 336 g/mol. The van der Waals surface area contributed by atoms with E-state index in [1.807, 2.05) is 0 Å². The molecule has 0 spiro atoms. The molecule has 0 aliphatic carbocycles. The van der Waals surface area contributed by atoms with E-state index in [-0.39, 0.29) is 0 Å². The molecule has 0 unspecified atom stereocenters. The molecule has 1 aromatic heterocycles. The van der Waals surface area contributed by atoms with E-state index in [1.54, 1.807) is 18.2 Å². The summed E-state index contributed by atoms with van der Waals surface area (Å²) < 4.78 is 1.98. The Morgan fingerprint density at radius 2 is 2.16 bits per heavy atom. The van der Waals surface area contributed by atoms with E-state index >= 15 is 0 Å². The van der Waals surface area contributed by atoms with Crippen LogP contribution in [0.1, 0.15) is 16.1 Å². The predicted octanol–water partition coefficient (Wildman–Crippen LogP) is 2.66. The number of nitrogens with zero attached hydrogens (tertiary/aromatic N) is 2. The van der Waals surface area contributed by atoms with Crippen molar-refractivity contribution in [2.75, 3.05) is 0 Å². The third-order valence-corrected chi connectivity index (χ3v) is 3.33. The minimum atomic E-state index is -1.35. The second-order valence-corrected chi connectivity index (χ2v) is 5.13. The topological polar surface area (TPSA) is 72.2 Å². The first-order valence-electron chi connectivity index (χ1n) is 5.19. The monoisotopic (exact) mass is 342 g/mol. The van der Waals surface area contributed by atoms with Crippen LogP contribution in [0.2, 0.25) is 5.02 Å². The van der Waals surface area contributed by atoms with Gasteiger partial charge in [0.2, 0.25) is 11.1 Å². The van der Waals surface area contributed by atoms with E-state index in [2.05, 4.69) is 21.0 Å². The molecule has 0 radical (unpaired) electrons. The van der Waals surface area contributed by atoms with Crippen LogP contribution in [-0.2, 0) is 0 Å². The van der Waals surface area contributed by atoms with E-state index in [1.165, 1.54) is 17.8 Å². The molecule has 0 atom stereocenters. The predicted molar refractivity (Wildman–Crippen MR) is 74.2 cm³/mol. The Morgan fingerprint density at radius 3 is 2.74 bits per heavy atom. The zero-order valence-corrected chi connectivity index (χ0v) is 12.1. The van der Waals surface area contributed by atoms with E-state index in [0.29, 0.717) is 20.7 Å². The fraction of sp³-hybridized carbons (Fsp3) is 0.0833. The average Bonchev–Trinajstić information content (AvgIpc) is 2.32. The largest absolute Gasteiger partial charge is 0.476 e. The molecule has 2 rings (SSSR count). The third-order valence-electron chi connectivity index (χ3n) is 2.46. The number of aromatic carboxylic acids is 1. The smallest absolute Gasteiger partial charge is 0.360 e. The van der Waals surface area contributed by atoms with Crippen LogP contribution in [0.5, 0.6) is 0 Å². The van der Waals surface area contributed by atoms with Crippen molar-refractivity contribution in [2.24, 2.45) is 0 Å². The minimum Gasteiger partial charge on any atom is -0.476 e. The summed E-state index contributed by atoms with van der Waals surface area (Å²) in [5.41, 5.74) is -0.208. The normalized spacial score (nSPS) is 10.5. The summed E-state index contributed by atoms with van der Waals surface area (Å²) >= 11 is 9.16. The summed E-state index contributed by atoms with van der Waals surface area (Å²) in [5.74, 6) is -1.35. The van der Waals surface area contributed by atoms with Crippen molar-refractivity contribution in [3.63, 3.8) is 0 Å². The molecule has 0 bridgehead atoms. The molecule has 19 heavy (non-hydrogen) atoms. The summed E-state index contributed by atoms with van der Waals surface area (Å²) in [6, 6.07) is 4.98. The van der Waals surface area contributed by atoms with Crippen LogP contribution in [-0.4, -0.2) is 20.9 Å². The lowest BCUT2D eigenvalue weighted by Crippen LogP contribution is -2.23. The van der Waals surface area contributed by atoms with Crippen molar-refractivity contribution >= 4 is 33.5 Å². The minimum absolute atomic E-state index is 0.300. The van der Waals surface area contributed by atoms with Gasteiger partial charge >= 0.3 is 5.97 Å². The third kappa shape index (κ3) is 2.69. The highest BCUT2D eigenvalue weighted by Gasteiger charge is 2.15. The molecule has 1 N–H and O–H groups in total. The Hall–Kier alpha value is -1.66. The second-order valence-electron chi connectivity index (χ2n) is 3.84. The van der Waals surface area contributed by atoms with Gasteiger partial charge in [-0.05, 0) is 41.1 Å². The van der Waals surface area contributed by atoms with Crippen LogP contribution in [0.15, 0.2) is 33.7 Å². The number of aromatic nitrogens is 2. The molecular formula is C12H8BrClN2O3. The van der Waals surface area contributed by atoms with Crippen LogP contribution in [0.25, 0.3) is 5.69 Å². The van der Waals surface area contributed by atoms with Crippen LogP contribution < -0.4 is 5.43 Å². The highest BCUT2D eigenvalue weighted by molar-refractivity contribution is 9.10. The van der Waals surface area contributed by atoms with Crippen molar-refractivity contribution in [1.29, 1.82) is 0 Å². The zero-order valence-electron chi connectivity index (χ0n) is 9.72. The Morgan fingerprint density at radius 1 is 1.47 bits per heavy atom. The average molecular weight is 344 g/mol. The molecule has 98 valence electrons. The van der Waals surface area contributed by atoms with Gasteiger partial charge < -0.3 is 5.11 Å². The summed E-state index contributed by atoms with van der Waals surface area (Å²) in [6.07, 6.45) is 1.47. The maximum atomic E-state index is 11.6. The summed E-state index contributed by atoms with van der Waals surface area (Å²) in [7, 11) is 0. The van der Waals surface area contributed by atoms with Gasteiger partial charge in [-0.15, -0.1) is 0 Å². The fourth-order valence-electron chi connectivity index (χ4n) is 1.54. The second kappa shape index (κ2) is 5.14. The van der Waals surface area contributed by atoms with Gasteiger partial charge in [0, 0.05) is 21.3 Å². The number of rotatable bonds is 2. The molecule has 5 nitrogen and oxygen atoms in total. The number of hydrogen-bond donors (Lipinski definition) is 1. The zero-order chi connectivity index (χ0) is 14.2. The van der Waals surface area contributed by atoms with Crippen LogP contribution >= 0.6 is 27.5 Å². The highest BCUT2D eigenvalue weighted by atomic mass is 79.9. The molecule has 0 saturated carbocycles. The van der Waals surface area contributed by atoms with Crippen molar-refractivity contribution in [1.82, 2.24) is 9.78 Å². The Balaban J connectivity index is 2.70. The van der Waals surface area contributed by atoms with Crippen LogP contribution in [0.3, 0.4) is 0 Å². The first kappa shape index (κ1) is 13.8. The summed E-state index contributed by atoms with van der Waals surface area (Å²) in [5, 5.41) is 13.3. The number of carboxylic acid groups (broad SMARTS) is 1. The van der Waals surface area contributed by atoms with Gasteiger partial charge in [0.15, 0.2) is 0 Å². The van der Waals surface area contributed by atoms with Gasteiger partial charge in [-0.1, -0.05) is 11.6 Å². The number of carboxylic acids is 1. The lowest BCUT2D eigenvalue weighted by Gasteiger charge is -2.09. The van der Waals surface area contributed by atoms with Gasteiger partial charge in [-0.2, -0.15) is 5.10 Å². The molecule has 0 fully saturated rings. The maximum Gasteiger partial charge on any atom is 0.360 e. The van der Waals surface area contributed by atoms with E-state index in [9.17, 15) is 9.59 Å². The van der Waals surface area contributed by atoms with E-state index in [4.69, 9.17) is 16.7 Å². The first-order chi connectivity index (χ1) is 8.90. The van der Waals surface area contributed by atoms with Gasteiger partial charge in [0.05, 0.1) is 5.69 Å². The quantitative estimate of drug-likeness (QED) is 0.910. The lowest BCUT2D eigenvalue weighted by atomic mass is 10.2. The van der Waals surface area contributed by atoms with Crippen molar-refractivity contribution in [3.05, 3.63) is 55.4 Å².